The van der Waals surface area contributed by atoms with Crippen LogP contribution in [0.2, 0.25) is 0 Å². The fourth-order valence-corrected chi connectivity index (χ4v) is 3.27. The zero-order chi connectivity index (χ0) is 12.6. The van der Waals surface area contributed by atoms with Crippen LogP contribution in [-0.4, -0.2) is 12.1 Å². The average molecular weight is 236 g/mol. The Kier molecular flexibility index (Phi) is 3.33. The van der Waals surface area contributed by atoms with Crippen LogP contribution in [0.25, 0.3) is 0 Å². The molecule has 0 amide bonds. The molecule has 0 N–H and O–H groups in total. The van der Waals surface area contributed by atoms with Crippen LogP contribution in [0.1, 0.15) is 53.4 Å². The summed E-state index contributed by atoms with van der Waals surface area (Å²) in [4.78, 5) is 11.4. The molecule has 1 heterocycles. The molecule has 0 radical (unpaired) electrons. The average Bonchev–Trinajstić information content (AvgIpc) is 2.52. The monoisotopic (exact) mass is 236 g/mol. The lowest BCUT2D eigenvalue weighted by molar-refractivity contribution is -0.143. The highest BCUT2D eigenvalue weighted by Gasteiger charge is 2.46. The van der Waals surface area contributed by atoms with Crippen molar-refractivity contribution in [3.63, 3.8) is 0 Å². The van der Waals surface area contributed by atoms with Crippen molar-refractivity contribution in [3.8, 4) is 0 Å². The van der Waals surface area contributed by atoms with Crippen LogP contribution < -0.4 is 0 Å². The largest absolute Gasteiger partial charge is 0.462 e. The Labute approximate surface area is 104 Å². The first kappa shape index (κ1) is 12.7. The third kappa shape index (κ3) is 2.72. The number of ether oxygens (including phenoxy) is 1. The SMILES string of the molecule is CC(C)=CC[C@H]1C[C@H]2CC(=O)O[C@H]2CC1(C)C. The highest BCUT2D eigenvalue weighted by atomic mass is 16.5. The van der Waals surface area contributed by atoms with Gasteiger partial charge in [-0.05, 0) is 44.4 Å². The van der Waals surface area contributed by atoms with Crippen molar-refractivity contribution < 1.29 is 9.53 Å². The Balaban J connectivity index is 2.07. The molecule has 0 bridgehead atoms. The van der Waals surface area contributed by atoms with Crippen molar-refractivity contribution in [2.24, 2.45) is 17.3 Å². The molecule has 2 heteroatoms. The molecular formula is C15H24O2. The van der Waals surface area contributed by atoms with Crippen molar-refractivity contribution in [3.05, 3.63) is 11.6 Å². The van der Waals surface area contributed by atoms with E-state index in [1.54, 1.807) is 0 Å². The van der Waals surface area contributed by atoms with Crippen LogP contribution in [0, 0.1) is 17.3 Å². The van der Waals surface area contributed by atoms with Crippen molar-refractivity contribution in [2.45, 2.75) is 59.5 Å². The molecule has 0 aromatic heterocycles. The number of esters is 1. The molecule has 0 aromatic carbocycles. The Bertz CT molecular complexity index is 337. The predicted octanol–water partition coefficient (Wildman–Crippen LogP) is 3.71. The van der Waals surface area contributed by atoms with Gasteiger partial charge in [0.15, 0.2) is 0 Å². The van der Waals surface area contributed by atoms with E-state index >= 15 is 0 Å². The summed E-state index contributed by atoms with van der Waals surface area (Å²) in [6.45, 7) is 8.94. The van der Waals surface area contributed by atoms with Crippen LogP contribution in [0.15, 0.2) is 11.6 Å². The third-order valence-corrected chi connectivity index (χ3v) is 4.47. The van der Waals surface area contributed by atoms with E-state index in [4.69, 9.17) is 4.74 Å². The van der Waals surface area contributed by atoms with Gasteiger partial charge in [-0.2, -0.15) is 0 Å². The van der Waals surface area contributed by atoms with Gasteiger partial charge in [-0.15, -0.1) is 0 Å². The lowest BCUT2D eigenvalue weighted by Crippen LogP contribution is -2.38. The van der Waals surface area contributed by atoms with Crippen LogP contribution >= 0.6 is 0 Å². The number of fused-ring (bicyclic) bond motifs is 1. The van der Waals surface area contributed by atoms with E-state index in [2.05, 4.69) is 33.8 Å². The summed E-state index contributed by atoms with van der Waals surface area (Å²) in [6, 6.07) is 0. The first-order valence-electron chi connectivity index (χ1n) is 6.71. The Morgan fingerprint density at radius 2 is 2.18 bits per heavy atom. The first-order chi connectivity index (χ1) is 7.88. The molecule has 2 nitrogen and oxygen atoms in total. The summed E-state index contributed by atoms with van der Waals surface area (Å²) in [5.74, 6) is 1.18. The molecule has 96 valence electrons. The lowest BCUT2D eigenvalue weighted by Gasteiger charge is -2.43. The normalized spacial score (nSPS) is 35.1. The maximum Gasteiger partial charge on any atom is 0.306 e. The van der Waals surface area contributed by atoms with Crippen LogP contribution in [0.5, 0.6) is 0 Å². The number of carbonyl (C=O) groups is 1. The Morgan fingerprint density at radius 1 is 1.47 bits per heavy atom. The van der Waals surface area contributed by atoms with Crippen molar-refractivity contribution in [2.75, 3.05) is 0 Å². The van der Waals surface area contributed by atoms with Crippen molar-refractivity contribution in [1.29, 1.82) is 0 Å². The molecule has 1 saturated heterocycles. The molecule has 0 unspecified atom stereocenters. The van der Waals surface area contributed by atoms with E-state index in [9.17, 15) is 4.79 Å². The summed E-state index contributed by atoms with van der Waals surface area (Å²) in [5.41, 5.74) is 1.68. The second-order valence-corrected chi connectivity index (χ2v) is 6.64. The first-order valence-corrected chi connectivity index (χ1v) is 6.71. The van der Waals surface area contributed by atoms with Gasteiger partial charge in [0, 0.05) is 5.92 Å². The Morgan fingerprint density at radius 3 is 2.82 bits per heavy atom. The van der Waals surface area contributed by atoms with E-state index in [0.29, 0.717) is 18.3 Å². The molecule has 0 aromatic rings. The molecule has 2 fully saturated rings. The van der Waals surface area contributed by atoms with Gasteiger partial charge in [-0.1, -0.05) is 25.5 Å². The van der Waals surface area contributed by atoms with E-state index < -0.39 is 0 Å². The highest BCUT2D eigenvalue weighted by Crippen LogP contribution is 2.49. The summed E-state index contributed by atoms with van der Waals surface area (Å²) in [5, 5.41) is 0. The number of rotatable bonds is 2. The van der Waals surface area contributed by atoms with Crippen LogP contribution in [0.3, 0.4) is 0 Å². The van der Waals surface area contributed by atoms with Gasteiger partial charge in [-0.3, -0.25) is 4.79 Å². The molecular weight excluding hydrogens is 212 g/mol. The van der Waals surface area contributed by atoms with Gasteiger partial charge in [0.1, 0.15) is 6.10 Å². The zero-order valence-electron chi connectivity index (χ0n) is 11.5. The summed E-state index contributed by atoms with van der Waals surface area (Å²) >= 11 is 0. The van der Waals surface area contributed by atoms with Gasteiger partial charge >= 0.3 is 5.97 Å². The van der Waals surface area contributed by atoms with Gasteiger partial charge in [0.05, 0.1) is 6.42 Å². The minimum absolute atomic E-state index is 0.0127. The lowest BCUT2D eigenvalue weighted by atomic mass is 9.63. The zero-order valence-corrected chi connectivity index (χ0v) is 11.5. The van der Waals surface area contributed by atoms with E-state index in [0.717, 1.165) is 19.3 Å². The van der Waals surface area contributed by atoms with Gasteiger partial charge < -0.3 is 4.74 Å². The summed E-state index contributed by atoms with van der Waals surface area (Å²) in [7, 11) is 0. The van der Waals surface area contributed by atoms with Gasteiger partial charge in [0.2, 0.25) is 0 Å². The number of allylic oxidation sites excluding steroid dienone is 2. The third-order valence-electron chi connectivity index (χ3n) is 4.47. The van der Waals surface area contributed by atoms with Crippen molar-refractivity contribution >= 4 is 5.97 Å². The fourth-order valence-electron chi connectivity index (χ4n) is 3.27. The van der Waals surface area contributed by atoms with E-state index in [-0.39, 0.29) is 17.5 Å². The molecule has 3 atom stereocenters. The maximum atomic E-state index is 11.4. The molecule has 0 spiro atoms. The topological polar surface area (TPSA) is 26.3 Å². The Hall–Kier alpha value is -0.790. The predicted molar refractivity (Wildman–Crippen MR) is 68.5 cm³/mol. The molecule has 2 aliphatic rings. The number of hydrogen-bond acceptors (Lipinski definition) is 2. The molecule has 17 heavy (non-hydrogen) atoms. The van der Waals surface area contributed by atoms with Crippen LogP contribution in [0.4, 0.5) is 0 Å². The maximum absolute atomic E-state index is 11.4. The molecule has 1 aliphatic heterocycles. The van der Waals surface area contributed by atoms with Gasteiger partial charge in [0.25, 0.3) is 0 Å². The standard InChI is InChI=1S/C15H24O2/c1-10(2)5-6-12-7-11-8-14(16)17-13(11)9-15(12,3)4/h5,11-13H,6-9H2,1-4H3/t11-,12-,13-/m0/s1. The summed E-state index contributed by atoms with van der Waals surface area (Å²) in [6.07, 6.45) is 6.50. The second kappa shape index (κ2) is 4.47. The second-order valence-electron chi connectivity index (χ2n) is 6.64. The summed E-state index contributed by atoms with van der Waals surface area (Å²) < 4.78 is 5.42. The molecule has 2 rings (SSSR count). The van der Waals surface area contributed by atoms with Crippen LogP contribution in [-0.2, 0) is 9.53 Å². The minimum Gasteiger partial charge on any atom is -0.462 e. The minimum atomic E-state index is 0.0127. The number of carbonyl (C=O) groups excluding carboxylic acids is 1. The highest BCUT2D eigenvalue weighted by molar-refractivity contribution is 5.72. The fraction of sp³-hybridized carbons (Fsp3) is 0.800. The van der Waals surface area contributed by atoms with E-state index in [1.165, 1.54) is 5.57 Å². The van der Waals surface area contributed by atoms with Gasteiger partial charge in [-0.25, -0.2) is 0 Å². The van der Waals surface area contributed by atoms with E-state index in [1.807, 2.05) is 0 Å². The van der Waals surface area contributed by atoms with Crippen molar-refractivity contribution in [1.82, 2.24) is 0 Å². The molecule has 1 saturated carbocycles. The smallest absolute Gasteiger partial charge is 0.306 e. The quantitative estimate of drug-likeness (QED) is 0.539. The number of hydrogen-bond donors (Lipinski definition) is 0. The molecule has 1 aliphatic carbocycles.